The summed E-state index contributed by atoms with van der Waals surface area (Å²) in [6, 6.07) is 7.69. The summed E-state index contributed by atoms with van der Waals surface area (Å²) in [7, 11) is 3.33. The molecule has 0 atom stereocenters. The lowest BCUT2D eigenvalue weighted by Crippen LogP contribution is -2.29. The number of nitrogens with one attached hydrogen (secondary N) is 2. The molecular formula is C15H19N3O2S. The summed E-state index contributed by atoms with van der Waals surface area (Å²) in [6.45, 7) is 1.48. The van der Waals surface area contributed by atoms with Crippen molar-refractivity contribution in [3.05, 3.63) is 30.5 Å². The minimum absolute atomic E-state index is 0.585. The minimum atomic E-state index is 0.585. The molecule has 0 saturated heterocycles. The normalized spacial score (nSPS) is 10.4. The standard InChI is InChI=1S/C15H19N3O2S/c1-19-10-4-9-17-15(21)18-12-6-7-13(20-2)14-11(12)5-3-8-16-14/h3,5-8H,4,9-10H2,1-2H3,(H2,17,18,21). The van der Waals surface area contributed by atoms with Gasteiger partial charge < -0.3 is 20.1 Å². The van der Waals surface area contributed by atoms with E-state index in [9.17, 15) is 0 Å². The van der Waals surface area contributed by atoms with E-state index in [1.165, 1.54) is 0 Å². The molecule has 2 N–H and O–H groups in total. The second kappa shape index (κ2) is 7.75. The highest BCUT2D eigenvalue weighted by Gasteiger charge is 2.08. The third-order valence-corrected chi connectivity index (χ3v) is 3.26. The van der Waals surface area contributed by atoms with Gasteiger partial charge in [-0.15, -0.1) is 0 Å². The van der Waals surface area contributed by atoms with Gasteiger partial charge in [-0.1, -0.05) is 0 Å². The van der Waals surface area contributed by atoms with Crippen molar-refractivity contribution < 1.29 is 9.47 Å². The number of benzene rings is 1. The van der Waals surface area contributed by atoms with Gasteiger partial charge in [0.05, 0.1) is 7.11 Å². The van der Waals surface area contributed by atoms with E-state index >= 15 is 0 Å². The topological polar surface area (TPSA) is 55.4 Å². The maximum atomic E-state index is 5.33. The fourth-order valence-corrected chi connectivity index (χ4v) is 2.22. The molecule has 2 aromatic rings. The van der Waals surface area contributed by atoms with Crippen LogP contribution >= 0.6 is 12.2 Å². The molecule has 0 fully saturated rings. The maximum Gasteiger partial charge on any atom is 0.170 e. The molecule has 0 saturated carbocycles. The van der Waals surface area contributed by atoms with Gasteiger partial charge in [0.1, 0.15) is 11.3 Å². The fraction of sp³-hybridized carbons (Fsp3) is 0.333. The van der Waals surface area contributed by atoms with E-state index in [0.29, 0.717) is 11.7 Å². The van der Waals surface area contributed by atoms with E-state index in [2.05, 4.69) is 15.6 Å². The first-order valence-corrected chi connectivity index (χ1v) is 7.12. The molecule has 0 aliphatic heterocycles. The van der Waals surface area contributed by atoms with Gasteiger partial charge in [0.25, 0.3) is 0 Å². The van der Waals surface area contributed by atoms with Crippen molar-refractivity contribution in [1.29, 1.82) is 0 Å². The lowest BCUT2D eigenvalue weighted by Gasteiger charge is -2.13. The van der Waals surface area contributed by atoms with Gasteiger partial charge in [-0.25, -0.2) is 0 Å². The van der Waals surface area contributed by atoms with Crippen LogP contribution in [0, 0.1) is 0 Å². The smallest absolute Gasteiger partial charge is 0.170 e. The van der Waals surface area contributed by atoms with E-state index in [0.717, 1.165) is 35.3 Å². The summed E-state index contributed by atoms with van der Waals surface area (Å²) in [5.41, 5.74) is 1.72. The molecule has 0 unspecified atom stereocenters. The summed E-state index contributed by atoms with van der Waals surface area (Å²) >= 11 is 5.30. The van der Waals surface area contributed by atoms with Crippen LogP contribution in [-0.2, 0) is 4.74 Å². The quantitative estimate of drug-likeness (QED) is 0.632. The van der Waals surface area contributed by atoms with Gasteiger partial charge in [0.2, 0.25) is 0 Å². The zero-order valence-corrected chi connectivity index (χ0v) is 13.0. The van der Waals surface area contributed by atoms with Crippen LogP contribution in [0.3, 0.4) is 0 Å². The molecular weight excluding hydrogens is 286 g/mol. The number of nitrogens with zero attached hydrogens (tertiary/aromatic N) is 1. The van der Waals surface area contributed by atoms with E-state index < -0.39 is 0 Å². The van der Waals surface area contributed by atoms with Crippen molar-refractivity contribution >= 4 is 33.9 Å². The van der Waals surface area contributed by atoms with Crippen LogP contribution < -0.4 is 15.4 Å². The lowest BCUT2D eigenvalue weighted by atomic mass is 10.1. The number of fused-ring (bicyclic) bond motifs is 1. The van der Waals surface area contributed by atoms with E-state index in [4.69, 9.17) is 21.7 Å². The Morgan fingerprint density at radius 1 is 1.29 bits per heavy atom. The number of hydrogen-bond donors (Lipinski definition) is 2. The third-order valence-electron chi connectivity index (χ3n) is 3.01. The molecule has 0 aliphatic rings. The predicted octanol–water partition coefficient (Wildman–Crippen LogP) is 2.57. The summed E-state index contributed by atoms with van der Waals surface area (Å²) in [5, 5.41) is 7.90. The first-order valence-electron chi connectivity index (χ1n) is 6.71. The Morgan fingerprint density at radius 3 is 2.90 bits per heavy atom. The molecule has 0 bridgehead atoms. The van der Waals surface area contributed by atoms with Crippen molar-refractivity contribution in [3.63, 3.8) is 0 Å². The molecule has 0 amide bonds. The summed E-state index contributed by atoms with van der Waals surface area (Å²) < 4.78 is 10.3. The Hall–Kier alpha value is -1.92. The van der Waals surface area contributed by atoms with Crippen LogP contribution in [0.1, 0.15) is 6.42 Å². The van der Waals surface area contributed by atoms with E-state index in [1.54, 1.807) is 20.4 Å². The average Bonchev–Trinajstić information content (AvgIpc) is 2.52. The molecule has 1 aromatic carbocycles. The molecule has 6 heteroatoms. The molecule has 0 radical (unpaired) electrons. The Bertz CT molecular complexity index is 619. The van der Waals surface area contributed by atoms with Crippen molar-refractivity contribution in [3.8, 4) is 5.75 Å². The number of hydrogen-bond acceptors (Lipinski definition) is 4. The highest BCUT2D eigenvalue weighted by molar-refractivity contribution is 7.80. The van der Waals surface area contributed by atoms with Crippen LogP contribution in [0.5, 0.6) is 5.75 Å². The molecule has 0 spiro atoms. The van der Waals surface area contributed by atoms with Crippen LogP contribution in [0.25, 0.3) is 10.9 Å². The maximum absolute atomic E-state index is 5.33. The second-order valence-corrected chi connectivity index (χ2v) is 4.85. The number of thiocarbonyl (C=S) groups is 1. The number of aromatic nitrogens is 1. The van der Waals surface area contributed by atoms with Gasteiger partial charge in [0.15, 0.2) is 5.11 Å². The van der Waals surface area contributed by atoms with Gasteiger partial charge in [-0.3, -0.25) is 4.98 Å². The van der Waals surface area contributed by atoms with Crippen molar-refractivity contribution in [2.75, 3.05) is 32.7 Å². The zero-order chi connectivity index (χ0) is 15.1. The third kappa shape index (κ3) is 4.03. The summed E-state index contributed by atoms with van der Waals surface area (Å²) in [4.78, 5) is 4.36. The zero-order valence-electron chi connectivity index (χ0n) is 12.2. The lowest BCUT2D eigenvalue weighted by molar-refractivity contribution is 0.196. The van der Waals surface area contributed by atoms with Crippen LogP contribution in [0.4, 0.5) is 5.69 Å². The first-order chi connectivity index (χ1) is 10.3. The van der Waals surface area contributed by atoms with Crippen molar-refractivity contribution in [2.45, 2.75) is 6.42 Å². The number of methoxy groups -OCH3 is 2. The van der Waals surface area contributed by atoms with Crippen LogP contribution in [0.15, 0.2) is 30.5 Å². The van der Waals surface area contributed by atoms with E-state index in [1.807, 2.05) is 24.3 Å². The largest absolute Gasteiger partial charge is 0.494 e. The highest BCUT2D eigenvalue weighted by atomic mass is 32.1. The monoisotopic (exact) mass is 305 g/mol. The number of anilines is 1. The van der Waals surface area contributed by atoms with Crippen LogP contribution in [0.2, 0.25) is 0 Å². The Labute approximate surface area is 129 Å². The molecule has 2 rings (SSSR count). The summed E-state index contributed by atoms with van der Waals surface area (Å²) in [6.07, 6.45) is 2.65. The predicted molar refractivity (Wildman–Crippen MR) is 89.0 cm³/mol. The van der Waals surface area contributed by atoms with Gasteiger partial charge >= 0.3 is 0 Å². The molecule has 21 heavy (non-hydrogen) atoms. The number of ether oxygens (including phenoxy) is 2. The van der Waals surface area contributed by atoms with E-state index in [-0.39, 0.29) is 0 Å². The highest BCUT2D eigenvalue weighted by Crippen LogP contribution is 2.29. The average molecular weight is 305 g/mol. The Morgan fingerprint density at radius 2 is 2.14 bits per heavy atom. The number of rotatable bonds is 6. The Kier molecular flexibility index (Phi) is 5.71. The second-order valence-electron chi connectivity index (χ2n) is 4.44. The van der Waals surface area contributed by atoms with Crippen molar-refractivity contribution in [1.82, 2.24) is 10.3 Å². The van der Waals surface area contributed by atoms with Crippen LogP contribution in [-0.4, -0.2) is 37.5 Å². The molecule has 1 heterocycles. The first kappa shape index (κ1) is 15.5. The molecule has 5 nitrogen and oxygen atoms in total. The summed E-state index contributed by atoms with van der Waals surface area (Å²) in [5.74, 6) is 0.745. The van der Waals surface area contributed by atoms with Crippen molar-refractivity contribution in [2.24, 2.45) is 0 Å². The van der Waals surface area contributed by atoms with Gasteiger partial charge in [0, 0.05) is 37.5 Å². The Balaban J connectivity index is 2.10. The number of pyridine rings is 1. The molecule has 1 aromatic heterocycles. The van der Waals surface area contributed by atoms with Gasteiger partial charge in [-0.2, -0.15) is 0 Å². The minimum Gasteiger partial charge on any atom is -0.494 e. The molecule has 112 valence electrons. The SMILES string of the molecule is COCCCNC(=S)Nc1ccc(OC)c2ncccc12. The van der Waals surface area contributed by atoms with Gasteiger partial charge in [-0.05, 0) is 42.9 Å². The fourth-order valence-electron chi connectivity index (χ4n) is 2.01. The molecule has 0 aliphatic carbocycles.